The molecule has 0 aliphatic carbocycles. The van der Waals surface area contributed by atoms with Gasteiger partial charge in [0.2, 0.25) is 5.95 Å². The topological polar surface area (TPSA) is 47.0 Å². The first-order chi connectivity index (χ1) is 8.24. The first-order valence-electron chi connectivity index (χ1n) is 5.09. The molecule has 0 fully saturated rings. The highest BCUT2D eigenvalue weighted by Gasteiger charge is 2.05. The van der Waals surface area contributed by atoms with Crippen molar-refractivity contribution in [2.75, 3.05) is 19.5 Å². The van der Waals surface area contributed by atoms with Crippen LogP contribution in [-0.4, -0.2) is 24.1 Å². The second-order valence-corrected chi connectivity index (χ2v) is 3.77. The third-order valence-electron chi connectivity index (χ3n) is 2.33. The van der Waals surface area contributed by atoms with Crippen LogP contribution in [-0.2, 0) is 0 Å². The summed E-state index contributed by atoms with van der Waals surface area (Å²) in [6.07, 6.45) is 1.70. The second-order valence-electron chi connectivity index (χ2n) is 3.36. The van der Waals surface area contributed by atoms with Crippen LogP contribution in [0.1, 0.15) is 0 Å². The molecule has 17 heavy (non-hydrogen) atoms. The number of nitrogens with one attached hydrogen (secondary N) is 1. The Bertz CT molecular complexity index is 531. The van der Waals surface area contributed by atoms with Crippen molar-refractivity contribution in [2.24, 2.45) is 0 Å². The summed E-state index contributed by atoms with van der Waals surface area (Å²) < 4.78 is 5.10. The van der Waals surface area contributed by atoms with Crippen molar-refractivity contribution < 1.29 is 4.74 Å². The van der Waals surface area contributed by atoms with E-state index in [0.717, 1.165) is 11.3 Å². The molecule has 88 valence electrons. The summed E-state index contributed by atoms with van der Waals surface area (Å²) in [5, 5.41) is 3.46. The molecule has 4 nitrogen and oxygen atoms in total. The monoisotopic (exact) mass is 249 g/mol. The first kappa shape index (κ1) is 11.7. The summed E-state index contributed by atoms with van der Waals surface area (Å²) in [7, 11) is 3.37. The van der Waals surface area contributed by atoms with Gasteiger partial charge in [-0.2, -0.15) is 0 Å². The highest BCUT2D eigenvalue weighted by atomic mass is 35.5. The Hall–Kier alpha value is -1.81. The van der Waals surface area contributed by atoms with E-state index in [1.165, 1.54) is 0 Å². The second kappa shape index (κ2) is 5.01. The third kappa shape index (κ3) is 2.47. The maximum absolute atomic E-state index is 6.07. The zero-order chi connectivity index (χ0) is 12.3. The van der Waals surface area contributed by atoms with Gasteiger partial charge in [-0.1, -0.05) is 11.6 Å². The van der Waals surface area contributed by atoms with E-state index in [0.29, 0.717) is 16.7 Å². The minimum atomic E-state index is 0.564. The molecule has 0 amide bonds. The molecule has 1 aromatic carbocycles. The maximum Gasteiger partial charge on any atom is 0.222 e. The predicted octanol–water partition coefficient (Wildman–Crippen LogP) is 2.85. The normalized spacial score (nSPS) is 10.1. The molecule has 1 heterocycles. The molecule has 0 aliphatic heterocycles. The van der Waals surface area contributed by atoms with Crippen LogP contribution in [0.3, 0.4) is 0 Å². The molecule has 0 radical (unpaired) electrons. The smallest absolute Gasteiger partial charge is 0.222 e. The number of hydrogen-bond acceptors (Lipinski definition) is 4. The van der Waals surface area contributed by atoms with Gasteiger partial charge in [-0.25, -0.2) is 9.97 Å². The minimum absolute atomic E-state index is 0.564. The molecular formula is C12H12ClN3O. The number of ether oxygens (including phenoxy) is 1. The van der Waals surface area contributed by atoms with E-state index in [1.807, 2.05) is 24.3 Å². The van der Waals surface area contributed by atoms with Gasteiger partial charge in [-0.05, 0) is 24.3 Å². The van der Waals surface area contributed by atoms with Gasteiger partial charge in [0.1, 0.15) is 5.75 Å². The van der Waals surface area contributed by atoms with Gasteiger partial charge in [0.25, 0.3) is 0 Å². The number of methoxy groups -OCH3 is 1. The minimum Gasteiger partial charge on any atom is -0.495 e. The average Bonchev–Trinajstić information content (AvgIpc) is 2.38. The summed E-state index contributed by atoms with van der Waals surface area (Å²) in [4.78, 5) is 8.40. The van der Waals surface area contributed by atoms with Gasteiger partial charge in [-0.3, -0.25) is 0 Å². The molecule has 1 N–H and O–H groups in total. The molecule has 2 aromatic rings. The molecule has 0 bridgehead atoms. The van der Waals surface area contributed by atoms with Crippen LogP contribution in [0.4, 0.5) is 5.95 Å². The van der Waals surface area contributed by atoms with E-state index in [1.54, 1.807) is 20.4 Å². The van der Waals surface area contributed by atoms with Crippen molar-refractivity contribution in [3.05, 3.63) is 35.5 Å². The Balaban J connectivity index is 2.42. The molecular weight excluding hydrogens is 238 g/mol. The lowest BCUT2D eigenvalue weighted by molar-refractivity contribution is 0.415. The molecule has 0 saturated carbocycles. The number of anilines is 1. The zero-order valence-electron chi connectivity index (χ0n) is 9.57. The van der Waals surface area contributed by atoms with Gasteiger partial charge in [0.15, 0.2) is 0 Å². The van der Waals surface area contributed by atoms with Gasteiger partial charge in [-0.15, -0.1) is 0 Å². The summed E-state index contributed by atoms with van der Waals surface area (Å²) in [5.74, 6) is 1.23. The predicted molar refractivity (Wildman–Crippen MR) is 68.6 cm³/mol. The quantitative estimate of drug-likeness (QED) is 0.909. The van der Waals surface area contributed by atoms with Crippen molar-refractivity contribution in [2.45, 2.75) is 0 Å². The number of aromatic nitrogens is 2. The third-order valence-corrected chi connectivity index (χ3v) is 2.62. The highest BCUT2D eigenvalue weighted by Crippen LogP contribution is 2.29. The van der Waals surface area contributed by atoms with Gasteiger partial charge >= 0.3 is 0 Å². The van der Waals surface area contributed by atoms with Crippen LogP contribution in [0.5, 0.6) is 5.75 Å². The van der Waals surface area contributed by atoms with Crippen molar-refractivity contribution in [3.8, 4) is 17.0 Å². The number of benzene rings is 1. The van der Waals surface area contributed by atoms with Crippen molar-refractivity contribution >= 4 is 17.5 Å². The Labute approximate surface area is 105 Å². The molecule has 0 saturated heterocycles. The molecule has 0 spiro atoms. The van der Waals surface area contributed by atoms with Gasteiger partial charge in [0.05, 0.1) is 17.8 Å². The summed E-state index contributed by atoms with van der Waals surface area (Å²) in [6.45, 7) is 0. The van der Waals surface area contributed by atoms with Gasteiger partial charge < -0.3 is 10.1 Å². The van der Waals surface area contributed by atoms with E-state index < -0.39 is 0 Å². The molecule has 5 heteroatoms. The average molecular weight is 250 g/mol. The fourth-order valence-electron chi connectivity index (χ4n) is 1.47. The Morgan fingerprint density at radius 2 is 2.12 bits per heavy atom. The van der Waals surface area contributed by atoms with Crippen LogP contribution < -0.4 is 10.1 Å². The summed E-state index contributed by atoms with van der Waals surface area (Å²) in [5.41, 5.74) is 1.74. The lowest BCUT2D eigenvalue weighted by Gasteiger charge is -2.06. The fraction of sp³-hybridized carbons (Fsp3) is 0.167. The highest BCUT2D eigenvalue weighted by molar-refractivity contribution is 6.32. The molecule has 0 aliphatic rings. The van der Waals surface area contributed by atoms with Crippen LogP contribution >= 0.6 is 11.6 Å². The van der Waals surface area contributed by atoms with Crippen LogP contribution in [0.2, 0.25) is 5.02 Å². The van der Waals surface area contributed by atoms with Crippen LogP contribution in [0.15, 0.2) is 30.5 Å². The lowest BCUT2D eigenvalue weighted by atomic mass is 10.1. The Kier molecular flexibility index (Phi) is 3.44. The van der Waals surface area contributed by atoms with Crippen LogP contribution in [0.25, 0.3) is 11.3 Å². The van der Waals surface area contributed by atoms with Gasteiger partial charge in [0, 0.05) is 18.8 Å². The van der Waals surface area contributed by atoms with E-state index in [9.17, 15) is 0 Å². The Morgan fingerprint density at radius 3 is 2.76 bits per heavy atom. The molecule has 1 aromatic heterocycles. The van der Waals surface area contributed by atoms with E-state index in [4.69, 9.17) is 16.3 Å². The molecule has 2 rings (SSSR count). The maximum atomic E-state index is 6.07. The number of halogens is 1. The van der Waals surface area contributed by atoms with Crippen molar-refractivity contribution in [1.29, 1.82) is 0 Å². The largest absolute Gasteiger partial charge is 0.495 e. The molecule has 0 unspecified atom stereocenters. The van der Waals surface area contributed by atoms with E-state index in [-0.39, 0.29) is 0 Å². The SMILES string of the molecule is CNc1nccc(-c2ccc(OC)c(Cl)c2)n1. The summed E-state index contributed by atoms with van der Waals surface area (Å²) >= 11 is 6.07. The summed E-state index contributed by atoms with van der Waals surface area (Å²) in [6, 6.07) is 7.38. The van der Waals surface area contributed by atoms with E-state index in [2.05, 4.69) is 15.3 Å². The first-order valence-corrected chi connectivity index (χ1v) is 5.47. The number of nitrogens with zero attached hydrogens (tertiary/aromatic N) is 2. The molecule has 0 atom stereocenters. The van der Waals surface area contributed by atoms with Crippen LogP contribution in [0, 0.1) is 0 Å². The van der Waals surface area contributed by atoms with Crippen molar-refractivity contribution in [3.63, 3.8) is 0 Å². The number of hydrogen-bond donors (Lipinski definition) is 1. The zero-order valence-corrected chi connectivity index (χ0v) is 10.3. The fourth-order valence-corrected chi connectivity index (χ4v) is 1.72. The standard InChI is InChI=1S/C12H12ClN3O/c1-14-12-15-6-5-10(16-12)8-3-4-11(17-2)9(13)7-8/h3-7H,1-2H3,(H,14,15,16). The van der Waals surface area contributed by atoms with Crippen molar-refractivity contribution in [1.82, 2.24) is 9.97 Å². The lowest BCUT2D eigenvalue weighted by Crippen LogP contribution is -1.96. The Morgan fingerprint density at radius 1 is 1.29 bits per heavy atom. The van der Waals surface area contributed by atoms with E-state index >= 15 is 0 Å². The number of rotatable bonds is 3.